The highest BCUT2D eigenvalue weighted by atomic mass is 35.5. The fourth-order valence-corrected chi connectivity index (χ4v) is 2.57. The zero-order chi connectivity index (χ0) is 16.2. The van der Waals surface area contributed by atoms with Crippen LogP contribution < -0.4 is 14.8 Å². The van der Waals surface area contributed by atoms with Gasteiger partial charge in [0.1, 0.15) is 11.5 Å². The summed E-state index contributed by atoms with van der Waals surface area (Å²) in [6.45, 7) is 2.95. The van der Waals surface area contributed by atoms with Gasteiger partial charge in [-0.2, -0.15) is 0 Å². The molecular formula is C14H20ClF3N2O3. The fraction of sp³-hybridized carbons (Fsp3) is 0.571. The Labute approximate surface area is 138 Å². The highest BCUT2D eigenvalue weighted by Gasteiger charge is 2.32. The van der Waals surface area contributed by atoms with E-state index in [0.717, 1.165) is 26.2 Å². The van der Waals surface area contributed by atoms with Gasteiger partial charge in [0, 0.05) is 37.8 Å². The summed E-state index contributed by atoms with van der Waals surface area (Å²) in [6.07, 6.45) is -4.75. The van der Waals surface area contributed by atoms with Gasteiger partial charge in [0.2, 0.25) is 0 Å². The zero-order valence-corrected chi connectivity index (χ0v) is 13.4. The van der Waals surface area contributed by atoms with Crippen LogP contribution in [0.1, 0.15) is 11.6 Å². The molecule has 1 atom stereocenters. The lowest BCUT2D eigenvalue weighted by atomic mass is 10.0. The summed E-state index contributed by atoms with van der Waals surface area (Å²) in [5.74, 6) is -0.0792. The molecule has 0 unspecified atom stereocenters. The first-order valence-corrected chi connectivity index (χ1v) is 6.94. The maximum atomic E-state index is 12.3. The molecule has 0 radical (unpaired) electrons. The molecule has 2 rings (SSSR count). The van der Waals surface area contributed by atoms with Crippen molar-refractivity contribution in [3.8, 4) is 11.5 Å². The lowest BCUT2D eigenvalue weighted by molar-refractivity contribution is -0.274. The van der Waals surface area contributed by atoms with Crippen LogP contribution in [0.4, 0.5) is 13.2 Å². The number of methoxy groups -OCH3 is 1. The topological polar surface area (TPSA) is 54.0 Å². The van der Waals surface area contributed by atoms with E-state index >= 15 is 0 Å². The minimum absolute atomic E-state index is 0. The third-order valence-corrected chi connectivity index (χ3v) is 3.56. The smallest absolute Gasteiger partial charge is 0.496 e. The number of nitrogens with zero attached hydrogens (tertiary/aromatic N) is 1. The van der Waals surface area contributed by atoms with Crippen LogP contribution in [0.5, 0.6) is 11.5 Å². The Balaban J connectivity index is 0.00000264. The molecule has 132 valence electrons. The molecule has 23 heavy (non-hydrogen) atoms. The second-order valence-electron chi connectivity index (χ2n) is 4.94. The van der Waals surface area contributed by atoms with Gasteiger partial charge in [-0.1, -0.05) is 0 Å². The van der Waals surface area contributed by atoms with Crippen LogP contribution in [0.15, 0.2) is 18.2 Å². The second kappa shape index (κ2) is 8.58. The molecule has 1 fully saturated rings. The zero-order valence-electron chi connectivity index (χ0n) is 12.6. The quantitative estimate of drug-likeness (QED) is 0.844. The van der Waals surface area contributed by atoms with Crippen LogP contribution in [-0.2, 0) is 0 Å². The van der Waals surface area contributed by atoms with Gasteiger partial charge in [-0.25, -0.2) is 0 Å². The number of rotatable bonds is 5. The third-order valence-electron chi connectivity index (χ3n) is 3.56. The fourth-order valence-electron chi connectivity index (χ4n) is 2.57. The Hall–Kier alpha value is -1.22. The van der Waals surface area contributed by atoms with E-state index in [-0.39, 0.29) is 36.6 Å². The highest BCUT2D eigenvalue weighted by Crippen LogP contribution is 2.34. The van der Waals surface area contributed by atoms with Gasteiger partial charge in [0.15, 0.2) is 0 Å². The first kappa shape index (κ1) is 19.8. The molecule has 1 saturated heterocycles. The summed E-state index contributed by atoms with van der Waals surface area (Å²) < 4.78 is 45.9. The predicted molar refractivity (Wildman–Crippen MR) is 81.2 cm³/mol. The predicted octanol–water partition coefficient (Wildman–Crippen LogP) is 1.95. The molecule has 0 saturated carbocycles. The van der Waals surface area contributed by atoms with Crippen molar-refractivity contribution >= 4 is 12.4 Å². The number of halogens is 4. The van der Waals surface area contributed by atoms with E-state index in [2.05, 4.69) is 15.0 Å². The number of aliphatic hydroxyl groups is 1. The number of hydrogen-bond donors (Lipinski definition) is 2. The van der Waals surface area contributed by atoms with Crippen molar-refractivity contribution in [2.75, 3.05) is 39.9 Å². The van der Waals surface area contributed by atoms with Gasteiger partial charge in [-0.3, -0.25) is 4.90 Å². The number of benzene rings is 1. The first-order valence-electron chi connectivity index (χ1n) is 6.94. The molecule has 1 aliphatic heterocycles. The van der Waals surface area contributed by atoms with E-state index in [1.54, 1.807) is 0 Å². The molecule has 1 aliphatic rings. The van der Waals surface area contributed by atoms with Gasteiger partial charge in [0.25, 0.3) is 0 Å². The van der Waals surface area contributed by atoms with Crippen molar-refractivity contribution in [3.05, 3.63) is 23.8 Å². The van der Waals surface area contributed by atoms with Crippen LogP contribution in [-0.4, -0.2) is 56.3 Å². The van der Waals surface area contributed by atoms with E-state index in [1.165, 1.54) is 25.3 Å². The summed E-state index contributed by atoms with van der Waals surface area (Å²) in [5.41, 5.74) is 0.640. The average Bonchev–Trinajstić information content (AvgIpc) is 2.48. The molecule has 1 heterocycles. The number of alkyl halides is 3. The van der Waals surface area contributed by atoms with E-state index in [4.69, 9.17) is 4.74 Å². The van der Waals surface area contributed by atoms with Crippen molar-refractivity contribution in [2.45, 2.75) is 12.4 Å². The molecule has 5 nitrogen and oxygen atoms in total. The van der Waals surface area contributed by atoms with E-state index in [9.17, 15) is 18.3 Å². The third kappa shape index (κ3) is 5.42. The van der Waals surface area contributed by atoms with Gasteiger partial charge in [-0.15, -0.1) is 25.6 Å². The Morgan fingerprint density at radius 3 is 2.48 bits per heavy atom. The van der Waals surface area contributed by atoms with E-state index in [0.29, 0.717) is 5.56 Å². The van der Waals surface area contributed by atoms with Crippen molar-refractivity contribution in [1.82, 2.24) is 10.2 Å². The van der Waals surface area contributed by atoms with E-state index in [1.807, 2.05) is 0 Å². The average molecular weight is 357 g/mol. The Morgan fingerprint density at radius 1 is 1.30 bits per heavy atom. The number of aliphatic hydroxyl groups excluding tert-OH is 1. The summed E-state index contributed by atoms with van der Waals surface area (Å²) in [4.78, 5) is 2.07. The summed E-state index contributed by atoms with van der Waals surface area (Å²) in [7, 11) is 1.38. The van der Waals surface area contributed by atoms with Crippen molar-refractivity contribution in [3.63, 3.8) is 0 Å². The lowest BCUT2D eigenvalue weighted by Crippen LogP contribution is -2.46. The molecule has 0 bridgehead atoms. The number of piperazine rings is 1. The molecular weight excluding hydrogens is 337 g/mol. The molecule has 9 heteroatoms. The van der Waals surface area contributed by atoms with Crippen LogP contribution in [0.25, 0.3) is 0 Å². The molecule has 1 aromatic rings. The summed E-state index contributed by atoms with van der Waals surface area (Å²) >= 11 is 0. The van der Waals surface area contributed by atoms with Crippen LogP contribution >= 0.6 is 12.4 Å². The SMILES string of the molecule is COc1cc(OC(F)(F)F)ccc1[C@@H](CO)N1CCNCC1.Cl. The monoisotopic (exact) mass is 356 g/mol. The van der Waals surface area contributed by atoms with Crippen molar-refractivity contribution < 1.29 is 27.8 Å². The minimum atomic E-state index is -4.75. The van der Waals surface area contributed by atoms with Crippen molar-refractivity contribution in [2.24, 2.45) is 0 Å². The maximum absolute atomic E-state index is 12.3. The normalized spacial score (nSPS) is 17.3. The van der Waals surface area contributed by atoms with Gasteiger partial charge in [-0.05, 0) is 12.1 Å². The van der Waals surface area contributed by atoms with Gasteiger partial charge in [0.05, 0.1) is 19.8 Å². The summed E-state index contributed by atoms with van der Waals surface area (Å²) in [5, 5.41) is 12.9. The molecule has 0 aromatic heterocycles. The van der Waals surface area contributed by atoms with Crippen molar-refractivity contribution in [1.29, 1.82) is 0 Å². The van der Waals surface area contributed by atoms with Crippen LogP contribution in [0.2, 0.25) is 0 Å². The highest BCUT2D eigenvalue weighted by molar-refractivity contribution is 5.85. The number of hydrogen-bond acceptors (Lipinski definition) is 5. The minimum Gasteiger partial charge on any atom is -0.496 e. The standard InChI is InChI=1S/C14H19F3N2O3.ClH/c1-21-13-8-10(22-14(15,16)17)2-3-11(13)12(9-20)19-6-4-18-5-7-19;/h2-3,8,12,18,20H,4-7,9H2,1H3;1H/t12-;/m1./s1. The number of ether oxygens (including phenoxy) is 2. The van der Waals surface area contributed by atoms with Crippen LogP contribution in [0, 0.1) is 0 Å². The molecule has 0 spiro atoms. The largest absolute Gasteiger partial charge is 0.573 e. The first-order chi connectivity index (χ1) is 10.4. The Kier molecular flexibility index (Phi) is 7.40. The van der Waals surface area contributed by atoms with Gasteiger partial charge < -0.3 is 19.9 Å². The van der Waals surface area contributed by atoms with Crippen LogP contribution in [0.3, 0.4) is 0 Å². The molecule has 1 aromatic carbocycles. The number of nitrogens with one attached hydrogen (secondary N) is 1. The maximum Gasteiger partial charge on any atom is 0.573 e. The molecule has 2 N–H and O–H groups in total. The Bertz CT molecular complexity index is 497. The van der Waals surface area contributed by atoms with E-state index < -0.39 is 6.36 Å². The second-order valence-corrected chi connectivity index (χ2v) is 4.94. The Morgan fingerprint density at radius 2 is 1.96 bits per heavy atom. The molecule has 0 amide bonds. The van der Waals surface area contributed by atoms with Gasteiger partial charge >= 0.3 is 6.36 Å². The molecule has 0 aliphatic carbocycles. The summed E-state index contributed by atoms with van der Waals surface area (Å²) in [6, 6.07) is 3.60. The lowest BCUT2D eigenvalue weighted by Gasteiger charge is -2.34.